The predicted molar refractivity (Wildman–Crippen MR) is 78.7 cm³/mol. The summed E-state index contributed by atoms with van der Waals surface area (Å²) in [5, 5.41) is 13.1. The Kier molecular flexibility index (Phi) is 4.54. The van der Waals surface area contributed by atoms with Gasteiger partial charge in [-0.2, -0.15) is 0 Å². The summed E-state index contributed by atoms with van der Waals surface area (Å²) in [6.07, 6.45) is 4.03. The molecular formula is C15H20ClFN2O2. The number of hydrogen-bond donors (Lipinski definition) is 2. The van der Waals surface area contributed by atoms with Crippen LogP contribution in [0.25, 0.3) is 0 Å². The topological polar surface area (TPSA) is 62.2 Å². The number of nitrogens with zero attached hydrogens (tertiary/aromatic N) is 1. The first kappa shape index (κ1) is 16.2. The van der Waals surface area contributed by atoms with Crippen molar-refractivity contribution in [2.45, 2.75) is 45.1 Å². The van der Waals surface area contributed by atoms with E-state index in [1.807, 2.05) is 0 Å². The molecule has 116 valence electrons. The van der Waals surface area contributed by atoms with Crippen LogP contribution in [0.1, 0.15) is 49.9 Å². The lowest BCUT2D eigenvalue weighted by atomic mass is 9.71. The van der Waals surface area contributed by atoms with Gasteiger partial charge in [0, 0.05) is 6.54 Å². The van der Waals surface area contributed by atoms with Crippen molar-refractivity contribution in [1.82, 2.24) is 10.3 Å². The molecule has 1 aliphatic rings. The van der Waals surface area contributed by atoms with Crippen molar-refractivity contribution in [2.24, 2.45) is 5.41 Å². The number of aliphatic hydroxyl groups is 1. The van der Waals surface area contributed by atoms with Crippen LogP contribution in [0.15, 0.2) is 12.3 Å². The fourth-order valence-corrected chi connectivity index (χ4v) is 2.68. The maximum Gasteiger partial charge on any atom is 0.254 e. The molecule has 6 heteroatoms. The zero-order valence-electron chi connectivity index (χ0n) is 12.2. The predicted octanol–water partition coefficient (Wildman–Crippen LogP) is 2.94. The Bertz CT molecular complexity index is 538. The number of halogens is 2. The fourth-order valence-electron chi connectivity index (χ4n) is 2.49. The summed E-state index contributed by atoms with van der Waals surface area (Å²) in [7, 11) is 0. The Morgan fingerprint density at radius 2 is 2.05 bits per heavy atom. The molecule has 2 rings (SSSR count). The minimum Gasteiger partial charge on any atom is -0.388 e. The monoisotopic (exact) mass is 314 g/mol. The van der Waals surface area contributed by atoms with E-state index in [1.54, 1.807) is 0 Å². The molecule has 0 aromatic carbocycles. The molecular weight excluding hydrogens is 295 g/mol. The summed E-state index contributed by atoms with van der Waals surface area (Å²) in [5.74, 6) is -1.15. The van der Waals surface area contributed by atoms with Gasteiger partial charge < -0.3 is 10.4 Å². The van der Waals surface area contributed by atoms with E-state index in [1.165, 1.54) is 0 Å². The van der Waals surface area contributed by atoms with Crippen LogP contribution in [0, 0.1) is 11.2 Å². The molecule has 0 aliphatic heterocycles. The van der Waals surface area contributed by atoms with E-state index in [2.05, 4.69) is 24.1 Å². The van der Waals surface area contributed by atoms with Crippen LogP contribution in [0.5, 0.6) is 0 Å². The molecule has 4 nitrogen and oxygen atoms in total. The molecule has 2 N–H and O–H groups in total. The van der Waals surface area contributed by atoms with Crippen LogP contribution < -0.4 is 5.32 Å². The maximum absolute atomic E-state index is 13.1. The average Bonchev–Trinajstić information content (AvgIpc) is 2.43. The zero-order chi connectivity index (χ0) is 15.7. The first-order chi connectivity index (χ1) is 9.71. The van der Waals surface area contributed by atoms with Crippen molar-refractivity contribution in [3.63, 3.8) is 0 Å². The number of carbonyl (C=O) groups is 1. The third kappa shape index (κ3) is 4.14. The van der Waals surface area contributed by atoms with Crippen LogP contribution in [0.2, 0.25) is 5.15 Å². The molecule has 1 aromatic rings. The lowest BCUT2D eigenvalue weighted by Crippen LogP contribution is -2.46. The standard InChI is InChI=1S/C15H20ClFN2O2/c1-14(2)3-5-15(21,6-4-14)9-19-13(20)11-7-10(17)8-18-12(11)16/h7-8,21H,3-6,9H2,1-2H3,(H,19,20). The molecule has 21 heavy (non-hydrogen) atoms. The highest BCUT2D eigenvalue weighted by atomic mass is 35.5. The van der Waals surface area contributed by atoms with E-state index in [4.69, 9.17) is 11.6 Å². The number of carbonyl (C=O) groups excluding carboxylic acids is 1. The van der Waals surface area contributed by atoms with E-state index >= 15 is 0 Å². The van der Waals surface area contributed by atoms with Crippen LogP contribution in [0.3, 0.4) is 0 Å². The Labute approximate surface area is 128 Å². The number of rotatable bonds is 3. The van der Waals surface area contributed by atoms with Crippen molar-refractivity contribution in [3.05, 3.63) is 28.8 Å². The van der Waals surface area contributed by atoms with Gasteiger partial charge in [-0.15, -0.1) is 0 Å². The van der Waals surface area contributed by atoms with Crippen molar-refractivity contribution >= 4 is 17.5 Å². The average molecular weight is 315 g/mol. The third-order valence-electron chi connectivity index (χ3n) is 4.16. The van der Waals surface area contributed by atoms with E-state index in [0.717, 1.165) is 25.1 Å². The Balaban J connectivity index is 1.97. The van der Waals surface area contributed by atoms with Crippen molar-refractivity contribution < 1.29 is 14.3 Å². The van der Waals surface area contributed by atoms with E-state index < -0.39 is 17.3 Å². The number of nitrogens with one attached hydrogen (secondary N) is 1. The second-order valence-electron chi connectivity index (χ2n) is 6.56. The Morgan fingerprint density at radius 3 is 2.67 bits per heavy atom. The molecule has 0 radical (unpaired) electrons. The highest BCUT2D eigenvalue weighted by molar-refractivity contribution is 6.32. The minimum atomic E-state index is -0.904. The van der Waals surface area contributed by atoms with Crippen LogP contribution in [0.4, 0.5) is 4.39 Å². The maximum atomic E-state index is 13.1. The minimum absolute atomic E-state index is 0.0172. The summed E-state index contributed by atoms with van der Waals surface area (Å²) in [6, 6.07) is 1.04. The molecule has 0 saturated heterocycles. The van der Waals surface area contributed by atoms with Gasteiger partial charge >= 0.3 is 0 Å². The zero-order valence-corrected chi connectivity index (χ0v) is 13.0. The molecule has 1 saturated carbocycles. The second-order valence-corrected chi connectivity index (χ2v) is 6.92. The highest BCUT2D eigenvalue weighted by Crippen LogP contribution is 2.39. The summed E-state index contributed by atoms with van der Waals surface area (Å²) in [4.78, 5) is 15.6. The Morgan fingerprint density at radius 1 is 1.43 bits per heavy atom. The number of amides is 1. The summed E-state index contributed by atoms with van der Waals surface area (Å²) in [5.41, 5.74) is -0.693. The first-order valence-corrected chi connectivity index (χ1v) is 7.40. The fraction of sp³-hybridized carbons (Fsp3) is 0.600. The smallest absolute Gasteiger partial charge is 0.254 e. The quantitative estimate of drug-likeness (QED) is 0.843. The van der Waals surface area contributed by atoms with Gasteiger partial charge in [-0.3, -0.25) is 4.79 Å². The molecule has 0 spiro atoms. The van der Waals surface area contributed by atoms with Crippen LogP contribution in [-0.4, -0.2) is 28.1 Å². The largest absolute Gasteiger partial charge is 0.388 e. The lowest BCUT2D eigenvalue weighted by molar-refractivity contribution is -0.0233. The van der Waals surface area contributed by atoms with Gasteiger partial charge in [-0.25, -0.2) is 9.37 Å². The van der Waals surface area contributed by atoms with Gasteiger partial charge in [0.1, 0.15) is 11.0 Å². The molecule has 0 bridgehead atoms. The number of aromatic nitrogens is 1. The van der Waals surface area contributed by atoms with Gasteiger partial charge in [0.25, 0.3) is 5.91 Å². The first-order valence-electron chi connectivity index (χ1n) is 7.02. The molecule has 1 aromatic heterocycles. The van der Waals surface area contributed by atoms with Crippen molar-refractivity contribution in [2.75, 3.05) is 6.54 Å². The summed E-state index contributed by atoms with van der Waals surface area (Å²) < 4.78 is 13.1. The molecule has 1 amide bonds. The number of pyridine rings is 1. The third-order valence-corrected chi connectivity index (χ3v) is 4.46. The number of hydrogen-bond acceptors (Lipinski definition) is 3. The van der Waals surface area contributed by atoms with Crippen molar-refractivity contribution in [1.29, 1.82) is 0 Å². The van der Waals surface area contributed by atoms with Gasteiger partial charge in [-0.1, -0.05) is 25.4 Å². The van der Waals surface area contributed by atoms with E-state index in [9.17, 15) is 14.3 Å². The molecule has 1 aliphatic carbocycles. The summed E-state index contributed by atoms with van der Waals surface area (Å²) in [6.45, 7) is 4.47. The normalized spacial score (nSPS) is 20.0. The van der Waals surface area contributed by atoms with Gasteiger partial charge in [0.15, 0.2) is 0 Å². The highest BCUT2D eigenvalue weighted by Gasteiger charge is 2.36. The van der Waals surface area contributed by atoms with Gasteiger partial charge in [-0.05, 0) is 37.2 Å². The molecule has 0 unspecified atom stereocenters. The molecule has 0 atom stereocenters. The Hall–Kier alpha value is -1.20. The van der Waals surface area contributed by atoms with Gasteiger partial charge in [0.05, 0.1) is 17.4 Å². The van der Waals surface area contributed by atoms with E-state index in [0.29, 0.717) is 12.8 Å². The SMILES string of the molecule is CC1(C)CCC(O)(CNC(=O)c2cc(F)cnc2Cl)CC1. The lowest BCUT2D eigenvalue weighted by Gasteiger charge is -2.40. The van der Waals surface area contributed by atoms with Gasteiger partial charge in [0.2, 0.25) is 0 Å². The molecule has 1 heterocycles. The van der Waals surface area contributed by atoms with Crippen LogP contribution in [-0.2, 0) is 0 Å². The van der Waals surface area contributed by atoms with E-state index in [-0.39, 0.29) is 22.7 Å². The van der Waals surface area contributed by atoms with Crippen LogP contribution >= 0.6 is 11.6 Å². The van der Waals surface area contributed by atoms with Crippen molar-refractivity contribution in [3.8, 4) is 0 Å². The summed E-state index contributed by atoms with van der Waals surface area (Å²) >= 11 is 5.78. The second kappa shape index (κ2) is 5.89. The molecule has 1 fully saturated rings.